The van der Waals surface area contributed by atoms with Crippen molar-refractivity contribution in [2.24, 2.45) is 5.92 Å². The largest absolute Gasteiger partial charge is 0.396 e. The molecule has 1 aliphatic carbocycles. The van der Waals surface area contributed by atoms with Crippen molar-refractivity contribution in [3.8, 4) is 0 Å². The fourth-order valence-corrected chi connectivity index (χ4v) is 2.61. The molecule has 106 valence electrons. The van der Waals surface area contributed by atoms with Gasteiger partial charge >= 0.3 is 0 Å². The lowest BCUT2D eigenvalue weighted by Crippen LogP contribution is -2.48. The molecule has 1 rings (SSSR count). The highest BCUT2D eigenvalue weighted by Gasteiger charge is 2.28. The number of amides is 1. The first kappa shape index (κ1) is 15.4. The van der Waals surface area contributed by atoms with E-state index in [0.717, 1.165) is 38.6 Å². The molecule has 0 saturated heterocycles. The van der Waals surface area contributed by atoms with Gasteiger partial charge in [0.25, 0.3) is 0 Å². The number of nitrogens with one attached hydrogen (secondary N) is 2. The molecule has 0 aromatic heterocycles. The van der Waals surface area contributed by atoms with Crippen LogP contribution in [0.3, 0.4) is 0 Å². The van der Waals surface area contributed by atoms with E-state index in [-0.39, 0.29) is 18.6 Å². The molecule has 0 bridgehead atoms. The Balaban J connectivity index is 2.22. The third-order valence-corrected chi connectivity index (χ3v) is 3.83. The summed E-state index contributed by atoms with van der Waals surface area (Å²) in [6.45, 7) is 5.05. The van der Waals surface area contributed by atoms with Crippen LogP contribution in [0.4, 0.5) is 0 Å². The van der Waals surface area contributed by atoms with E-state index < -0.39 is 0 Å². The second kappa shape index (κ2) is 8.48. The zero-order chi connectivity index (χ0) is 13.4. The predicted molar refractivity (Wildman–Crippen MR) is 73.3 cm³/mol. The maximum atomic E-state index is 11.9. The van der Waals surface area contributed by atoms with Gasteiger partial charge < -0.3 is 15.7 Å². The summed E-state index contributed by atoms with van der Waals surface area (Å²) in [5.74, 6) is 0.398. The number of aliphatic hydroxyl groups is 1. The Bertz CT molecular complexity index is 246. The van der Waals surface area contributed by atoms with Crippen LogP contribution in [0.2, 0.25) is 0 Å². The lowest BCUT2D eigenvalue weighted by atomic mass is 10.0. The second-order valence-electron chi connectivity index (χ2n) is 5.37. The maximum Gasteiger partial charge on any atom is 0.236 e. The summed E-state index contributed by atoms with van der Waals surface area (Å²) >= 11 is 0. The van der Waals surface area contributed by atoms with E-state index in [1.54, 1.807) is 0 Å². The van der Waals surface area contributed by atoms with Crippen molar-refractivity contribution in [2.75, 3.05) is 13.2 Å². The lowest BCUT2D eigenvalue weighted by Gasteiger charge is -2.23. The van der Waals surface area contributed by atoms with E-state index in [9.17, 15) is 9.90 Å². The molecule has 1 amide bonds. The van der Waals surface area contributed by atoms with E-state index in [4.69, 9.17) is 0 Å². The SMILES string of the molecule is CCCCCNC(=O)C(C)NC1CCCC1CO. The van der Waals surface area contributed by atoms with E-state index in [0.29, 0.717) is 12.0 Å². The Labute approximate surface area is 111 Å². The Kier molecular flexibility index (Phi) is 7.28. The van der Waals surface area contributed by atoms with Crippen LogP contribution in [0.5, 0.6) is 0 Å². The van der Waals surface area contributed by atoms with Crippen LogP contribution >= 0.6 is 0 Å². The minimum atomic E-state index is -0.163. The molecule has 1 fully saturated rings. The minimum Gasteiger partial charge on any atom is -0.396 e. The summed E-state index contributed by atoms with van der Waals surface area (Å²) in [4.78, 5) is 11.9. The number of aliphatic hydroxyl groups excluding tert-OH is 1. The predicted octanol–water partition coefficient (Wildman–Crippen LogP) is 1.43. The van der Waals surface area contributed by atoms with Crippen molar-refractivity contribution in [1.82, 2.24) is 10.6 Å². The van der Waals surface area contributed by atoms with Gasteiger partial charge in [-0.3, -0.25) is 4.79 Å². The summed E-state index contributed by atoms with van der Waals surface area (Å²) in [6, 6.07) is 0.134. The molecule has 1 aliphatic rings. The molecule has 0 aromatic carbocycles. The first-order valence-corrected chi connectivity index (χ1v) is 7.33. The number of unbranched alkanes of at least 4 members (excludes halogenated alkanes) is 2. The van der Waals surface area contributed by atoms with Gasteiger partial charge in [0.1, 0.15) is 0 Å². The third-order valence-electron chi connectivity index (χ3n) is 3.83. The molecule has 0 aromatic rings. The number of carbonyl (C=O) groups is 1. The fourth-order valence-electron chi connectivity index (χ4n) is 2.61. The quantitative estimate of drug-likeness (QED) is 0.576. The minimum absolute atomic E-state index is 0.0784. The summed E-state index contributed by atoms with van der Waals surface area (Å²) in [5.41, 5.74) is 0. The highest BCUT2D eigenvalue weighted by atomic mass is 16.3. The van der Waals surface area contributed by atoms with Crippen molar-refractivity contribution in [3.05, 3.63) is 0 Å². The molecule has 3 unspecified atom stereocenters. The summed E-state index contributed by atoms with van der Waals surface area (Å²) in [6.07, 6.45) is 6.67. The average molecular weight is 256 g/mol. The van der Waals surface area contributed by atoms with Gasteiger partial charge in [0, 0.05) is 19.2 Å². The van der Waals surface area contributed by atoms with Crippen molar-refractivity contribution in [1.29, 1.82) is 0 Å². The van der Waals surface area contributed by atoms with Crippen molar-refractivity contribution >= 4 is 5.91 Å². The van der Waals surface area contributed by atoms with Gasteiger partial charge in [-0.15, -0.1) is 0 Å². The normalized spacial score (nSPS) is 25.1. The molecular formula is C14H28N2O2. The molecule has 0 heterocycles. The van der Waals surface area contributed by atoms with Gasteiger partial charge in [0.2, 0.25) is 5.91 Å². The monoisotopic (exact) mass is 256 g/mol. The number of hydrogen-bond donors (Lipinski definition) is 3. The van der Waals surface area contributed by atoms with Crippen molar-refractivity contribution < 1.29 is 9.90 Å². The number of carbonyl (C=O) groups excluding carboxylic acids is 1. The average Bonchev–Trinajstić information content (AvgIpc) is 2.81. The molecule has 3 atom stereocenters. The van der Waals surface area contributed by atoms with Gasteiger partial charge in [-0.2, -0.15) is 0 Å². The summed E-state index contributed by atoms with van der Waals surface area (Å²) < 4.78 is 0. The van der Waals surface area contributed by atoms with Gasteiger partial charge in [-0.25, -0.2) is 0 Å². The highest BCUT2D eigenvalue weighted by molar-refractivity contribution is 5.81. The van der Waals surface area contributed by atoms with Crippen LogP contribution in [0, 0.1) is 5.92 Å². The van der Waals surface area contributed by atoms with Crippen LogP contribution in [0.25, 0.3) is 0 Å². The molecule has 4 heteroatoms. The van der Waals surface area contributed by atoms with Gasteiger partial charge in [-0.1, -0.05) is 26.2 Å². The van der Waals surface area contributed by atoms with Crippen LogP contribution in [-0.4, -0.2) is 36.2 Å². The van der Waals surface area contributed by atoms with Gasteiger partial charge in [0.05, 0.1) is 6.04 Å². The van der Waals surface area contributed by atoms with Crippen LogP contribution in [0.15, 0.2) is 0 Å². The van der Waals surface area contributed by atoms with E-state index in [1.165, 1.54) is 6.42 Å². The maximum absolute atomic E-state index is 11.9. The molecular weight excluding hydrogens is 228 g/mol. The first-order chi connectivity index (χ1) is 8.69. The zero-order valence-corrected chi connectivity index (χ0v) is 11.7. The number of rotatable bonds is 8. The van der Waals surface area contributed by atoms with Crippen LogP contribution in [0.1, 0.15) is 52.4 Å². The molecule has 18 heavy (non-hydrogen) atoms. The molecule has 1 saturated carbocycles. The highest BCUT2D eigenvalue weighted by Crippen LogP contribution is 2.25. The van der Waals surface area contributed by atoms with E-state index in [2.05, 4.69) is 17.6 Å². The Morgan fingerprint density at radius 2 is 2.17 bits per heavy atom. The topological polar surface area (TPSA) is 61.4 Å². The van der Waals surface area contributed by atoms with E-state index in [1.807, 2.05) is 6.92 Å². The fraction of sp³-hybridized carbons (Fsp3) is 0.929. The molecule has 0 aliphatic heterocycles. The van der Waals surface area contributed by atoms with Crippen LogP contribution in [-0.2, 0) is 4.79 Å². The molecule has 0 radical (unpaired) electrons. The van der Waals surface area contributed by atoms with Crippen LogP contribution < -0.4 is 10.6 Å². The van der Waals surface area contributed by atoms with Gasteiger partial charge in [-0.05, 0) is 32.1 Å². The zero-order valence-electron chi connectivity index (χ0n) is 11.7. The standard InChI is InChI=1S/C14H28N2O2/c1-3-4-5-9-15-14(18)11(2)16-13-8-6-7-12(13)10-17/h11-13,16-17H,3-10H2,1-2H3,(H,15,18). The Morgan fingerprint density at radius 3 is 2.83 bits per heavy atom. The first-order valence-electron chi connectivity index (χ1n) is 7.33. The molecule has 3 N–H and O–H groups in total. The molecule has 4 nitrogen and oxygen atoms in total. The Hall–Kier alpha value is -0.610. The third kappa shape index (κ3) is 4.94. The number of hydrogen-bond acceptors (Lipinski definition) is 3. The van der Waals surface area contributed by atoms with Gasteiger partial charge in [0.15, 0.2) is 0 Å². The van der Waals surface area contributed by atoms with Crippen molar-refractivity contribution in [3.63, 3.8) is 0 Å². The molecule has 0 spiro atoms. The lowest BCUT2D eigenvalue weighted by molar-refractivity contribution is -0.123. The second-order valence-corrected chi connectivity index (χ2v) is 5.37. The summed E-state index contributed by atoms with van der Waals surface area (Å²) in [7, 11) is 0. The van der Waals surface area contributed by atoms with Crippen molar-refractivity contribution in [2.45, 2.75) is 64.5 Å². The summed E-state index contributed by atoms with van der Waals surface area (Å²) in [5, 5.41) is 15.6. The smallest absolute Gasteiger partial charge is 0.236 e. The Morgan fingerprint density at radius 1 is 1.39 bits per heavy atom. The van der Waals surface area contributed by atoms with E-state index >= 15 is 0 Å².